The van der Waals surface area contributed by atoms with E-state index in [1.54, 1.807) is 12.3 Å². The minimum absolute atomic E-state index is 0.0496. The molecular weight excluding hydrogens is 645 g/mol. The van der Waals surface area contributed by atoms with Gasteiger partial charge in [0, 0.05) is 12.1 Å². The lowest BCUT2D eigenvalue weighted by Crippen LogP contribution is -2.67. The van der Waals surface area contributed by atoms with Crippen molar-refractivity contribution in [3.63, 3.8) is 0 Å². The standard InChI is InChI=1S/C45H64N4O3/c1-28(2)33-15-21-45(40(52)47-24-18-29-9-8-10-30(25-29)39(51)49-27-32-12-11-31(46)26-48-32)23-22-43(6)34(38(33)45)13-14-36-42(5)19-17-37(50)41(3,4)35(42)16-20-44(36,43)7/h8-12,25-26,33-38,50H,1,13-24,27,46H2,2-7H3,(H,47,52)(H,49,51)/t33-,34?,35?,36?,37-,38+,42-,43+,44+,45-/m0/s1. The van der Waals surface area contributed by atoms with Gasteiger partial charge in [-0.1, -0.05) is 58.9 Å². The first kappa shape index (κ1) is 37.1. The zero-order valence-corrected chi connectivity index (χ0v) is 32.7. The molecule has 5 N–H and O–H groups in total. The summed E-state index contributed by atoms with van der Waals surface area (Å²) < 4.78 is 0. The highest BCUT2D eigenvalue weighted by Gasteiger charge is 2.71. The highest BCUT2D eigenvalue weighted by molar-refractivity contribution is 5.94. The Kier molecular flexibility index (Phi) is 9.49. The van der Waals surface area contributed by atoms with E-state index in [-0.39, 0.29) is 45.0 Å². The highest BCUT2D eigenvalue weighted by Crippen LogP contribution is 2.77. The van der Waals surface area contributed by atoms with Crippen molar-refractivity contribution in [1.82, 2.24) is 15.6 Å². The predicted octanol–water partition coefficient (Wildman–Crippen LogP) is 8.27. The topological polar surface area (TPSA) is 117 Å². The van der Waals surface area contributed by atoms with Gasteiger partial charge in [0.2, 0.25) is 5.91 Å². The van der Waals surface area contributed by atoms with Crippen LogP contribution in [0.1, 0.15) is 127 Å². The number of allylic oxidation sites excluding steroid dienone is 1. The smallest absolute Gasteiger partial charge is 0.251 e. The number of aliphatic hydroxyl groups excluding tert-OH is 1. The lowest BCUT2D eigenvalue weighted by Gasteiger charge is -2.72. The van der Waals surface area contributed by atoms with Crippen molar-refractivity contribution in [3.05, 3.63) is 71.6 Å². The Balaban J connectivity index is 1.06. The van der Waals surface area contributed by atoms with Gasteiger partial charge in [0.05, 0.1) is 35.6 Å². The summed E-state index contributed by atoms with van der Waals surface area (Å²) in [6.07, 6.45) is 13.0. The number of anilines is 1. The third kappa shape index (κ3) is 5.74. The molecule has 3 unspecified atom stereocenters. The Bertz CT molecular complexity index is 1700. The molecule has 1 aromatic carbocycles. The number of nitrogens with one attached hydrogen (secondary N) is 2. The molecule has 52 heavy (non-hydrogen) atoms. The van der Waals surface area contributed by atoms with Crippen molar-refractivity contribution in [2.75, 3.05) is 12.3 Å². The first-order valence-corrected chi connectivity index (χ1v) is 20.3. The number of hydrogen-bond donors (Lipinski definition) is 4. The van der Waals surface area contributed by atoms with Gasteiger partial charge in [-0.3, -0.25) is 14.6 Å². The lowest BCUT2D eigenvalue weighted by molar-refractivity contribution is -0.246. The van der Waals surface area contributed by atoms with Crippen LogP contribution in [0.15, 0.2) is 54.7 Å². The number of aliphatic hydroxyl groups is 1. The third-order valence-corrected chi connectivity index (χ3v) is 16.7. The summed E-state index contributed by atoms with van der Waals surface area (Å²) >= 11 is 0. The molecule has 5 saturated carbocycles. The zero-order chi connectivity index (χ0) is 37.3. The summed E-state index contributed by atoms with van der Waals surface area (Å²) in [7, 11) is 0. The first-order valence-electron chi connectivity index (χ1n) is 20.3. The molecule has 10 atom stereocenters. The lowest BCUT2D eigenvalue weighted by atomic mass is 9.32. The Morgan fingerprint density at radius 3 is 2.42 bits per heavy atom. The maximum atomic E-state index is 14.6. The molecule has 7 nitrogen and oxygen atoms in total. The minimum atomic E-state index is -0.354. The van der Waals surface area contributed by atoms with Gasteiger partial charge in [0.25, 0.3) is 5.91 Å². The fraction of sp³-hybridized carbons (Fsp3) is 0.667. The molecule has 1 aromatic heterocycles. The number of fused-ring (bicyclic) bond motifs is 7. The van der Waals surface area contributed by atoms with Gasteiger partial charge in [0.15, 0.2) is 0 Å². The van der Waals surface area contributed by atoms with Crippen molar-refractivity contribution in [1.29, 1.82) is 0 Å². The average molecular weight is 709 g/mol. The first-order chi connectivity index (χ1) is 24.6. The van der Waals surface area contributed by atoms with E-state index < -0.39 is 0 Å². The predicted molar refractivity (Wildman–Crippen MR) is 208 cm³/mol. The van der Waals surface area contributed by atoms with Gasteiger partial charge in [0.1, 0.15) is 0 Å². The van der Waals surface area contributed by atoms with Crippen LogP contribution >= 0.6 is 0 Å². The van der Waals surface area contributed by atoms with E-state index in [1.807, 2.05) is 30.3 Å². The van der Waals surface area contributed by atoms with Crippen molar-refractivity contribution in [2.24, 2.45) is 56.7 Å². The molecule has 1 heterocycles. The van der Waals surface area contributed by atoms with Gasteiger partial charge in [-0.15, -0.1) is 0 Å². The third-order valence-electron chi connectivity index (χ3n) is 16.7. The molecular formula is C45H64N4O3. The second-order valence-corrected chi connectivity index (χ2v) is 19.2. The number of pyridine rings is 1. The summed E-state index contributed by atoms with van der Waals surface area (Å²) in [6, 6.07) is 11.3. The Labute approximate surface area is 312 Å². The van der Waals surface area contributed by atoms with Gasteiger partial charge < -0.3 is 21.5 Å². The maximum Gasteiger partial charge on any atom is 0.251 e. The van der Waals surface area contributed by atoms with Crippen LogP contribution in [0.25, 0.3) is 0 Å². The molecule has 5 aliphatic carbocycles. The summed E-state index contributed by atoms with van der Waals surface area (Å²) in [4.78, 5) is 31.9. The molecule has 5 fully saturated rings. The molecule has 282 valence electrons. The average Bonchev–Trinajstić information content (AvgIpc) is 3.52. The quantitative estimate of drug-likeness (QED) is 0.206. The van der Waals surface area contributed by atoms with Crippen molar-refractivity contribution >= 4 is 17.5 Å². The van der Waals surface area contributed by atoms with Crippen LogP contribution in [0.3, 0.4) is 0 Å². The largest absolute Gasteiger partial charge is 0.397 e. The summed E-state index contributed by atoms with van der Waals surface area (Å²) in [6.45, 7) is 20.1. The molecule has 0 radical (unpaired) electrons. The van der Waals surface area contributed by atoms with Gasteiger partial charge in [-0.25, -0.2) is 0 Å². The van der Waals surface area contributed by atoms with Crippen molar-refractivity contribution in [2.45, 2.75) is 125 Å². The summed E-state index contributed by atoms with van der Waals surface area (Å²) in [5, 5.41) is 17.5. The number of nitrogen functional groups attached to an aromatic ring is 1. The van der Waals surface area contributed by atoms with Crippen LogP contribution < -0.4 is 16.4 Å². The van der Waals surface area contributed by atoms with Crippen LogP contribution in [0.5, 0.6) is 0 Å². The van der Waals surface area contributed by atoms with Crippen molar-refractivity contribution < 1.29 is 14.7 Å². The number of hydrogen-bond acceptors (Lipinski definition) is 5. The van der Waals surface area contributed by atoms with Gasteiger partial charge in [-0.2, -0.15) is 0 Å². The number of rotatable bonds is 8. The second-order valence-electron chi connectivity index (χ2n) is 19.2. The molecule has 0 spiro atoms. The van der Waals surface area contributed by atoms with E-state index >= 15 is 0 Å². The second kappa shape index (κ2) is 13.3. The van der Waals surface area contributed by atoms with Gasteiger partial charge >= 0.3 is 0 Å². The number of aromatic nitrogens is 1. The van der Waals surface area contributed by atoms with E-state index in [0.29, 0.717) is 60.4 Å². The van der Waals surface area contributed by atoms with Crippen LogP contribution in [0, 0.1) is 56.7 Å². The zero-order valence-electron chi connectivity index (χ0n) is 32.7. The van der Waals surface area contributed by atoms with Crippen LogP contribution in [0.4, 0.5) is 5.69 Å². The SMILES string of the molecule is C=C(C)[C@@H]1CC[C@]2(C(=O)NCCc3cccc(C(=O)NCc4ccc(N)cn4)c3)CC[C@]3(C)C(CCC4[C@@]5(C)CC[C@H](O)C(C)(C)C5CC[C@]43C)[C@@H]12. The van der Waals surface area contributed by atoms with E-state index in [4.69, 9.17) is 5.73 Å². The normalized spacial score (nSPS) is 38.9. The highest BCUT2D eigenvalue weighted by atomic mass is 16.3. The Hall–Kier alpha value is -3.19. The molecule has 2 amide bonds. The molecule has 7 heteroatoms. The molecule has 7 rings (SSSR count). The Morgan fingerprint density at radius 1 is 0.904 bits per heavy atom. The van der Waals surface area contributed by atoms with Gasteiger partial charge in [-0.05, 0) is 159 Å². The molecule has 2 aromatic rings. The number of carbonyl (C=O) groups excluding carboxylic acids is 2. The van der Waals surface area contributed by atoms with Crippen LogP contribution in [-0.2, 0) is 17.8 Å². The fourth-order valence-corrected chi connectivity index (χ4v) is 13.7. The summed E-state index contributed by atoms with van der Waals surface area (Å²) in [5.74, 6) is 2.47. The Morgan fingerprint density at radius 2 is 1.69 bits per heavy atom. The van der Waals surface area contributed by atoms with E-state index in [0.717, 1.165) is 49.8 Å². The molecule has 5 aliphatic rings. The molecule has 0 bridgehead atoms. The number of nitrogens with zero attached hydrogens (tertiary/aromatic N) is 1. The van der Waals surface area contributed by atoms with E-state index in [9.17, 15) is 14.7 Å². The monoisotopic (exact) mass is 708 g/mol. The van der Waals surface area contributed by atoms with Crippen LogP contribution in [0.2, 0.25) is 0 Å². The molecule has 0 saturated heterocycles. The van der Waals surface area contributed by atoms with E-state index in [1.165, 1.54) is 31.3 Å². The number of benzene rings is 1. The molecule has 0 aliphatic heterocycles. The number of amides is 2. The minimum Gasteiger partial charge on any atom is -0.397 e. The maximum absolute atomic E-state index is 14.6. The number of nitrogens with two attached hydrogens (primary N) is 1. The van der Waals surface area contributed by atoms with Crippen molar-refractivity contribution in [3.8, 4) is 0 Å². The van der Waals surface area contributed by atoms with E-state index in [2.05, 4.69) is 63.7 Å². The van der Waals surface area contributed by atoms with Crippen LogP contribution in [-0.4, -0.2) is 34.6 Å². The summed E-state index contributed by atoms with van der Waals surface area (Å²) in [5.41, 5.74) is 10.2. The fourth-order valence-electron chi connectivity index (χ4n) is 13.7. The number of carbonyl (C=O) groups is 2.